The number of carbonyl (C=O) groups is 1. The van der Waals surface area contributed by atoms with Crippen molar-refractivity contribution < 1.29 is 18.7 Å². The minimum Gasteiger partial charge on any atom is -0.497 e. The maximum Gasteiger partial charge on any atom is 0.258 e. The van der Waals surface area contributed by atoms with Gasteiger partial charge in [0.15, 0.2) is 0 Å². The molecule has 1 N–H and O–H groups in total. The van der Waals surface area contributed by atoms with Crippen LogP contribution in [0.15, 0.2) is 54.9 Å². The van der Waals surface area contributed by atoms with Crippen LogP contribution in [-0.2, 0) is 0 Å². The van der Waals surface area contributed by atoms with Gasteiger partial charge in [-0.2, -0.15) is 5.10 Å². The number of aromatic nitrogens is 2. The summed E-state index contributed by atoms with van der Waals surface area (Å²) in [7, 11) is 3.07. The third kappa shape index (κ3) is 3.77. The van der Waals surface area contributed by atoms with E-state index in [4.69, 9.17) is 9.47 Å². The molecule has 0 aliphatic heterocycles. The fraction of sp³-hybridized carbons (Fsp3) is 0.111. The second-order valence-corrected chi connectivity index (χ2v) is 5.21. The summed E-state index contributed by atoms with van der Waals surface area (Å²) in [6.07, 6.45) is 3.01. The van der Waals surface area contributed by atoms with E-state index < -0.39 is 0 Å². The van der Waals surface area contributed by atoms with Crippen molar-refractivity contribution in [3.63, 3.8) is 0 Å². The molecule has 1 heterocycles. The minimum atomic E-state index is -0.333. The van der Waals surface area contributed by atoms with Crippen molar-refractivity contribution >= 4 is 11.6 Å². The summed E-state index contributed by atoms with van der Waals surface area (Å²) in [6, 6.07) is 10.9. The number of carbonyl (C=O) groups excluding carboxylic acids is 1. The van der Waals surface area contributed by atoms with Gasteiger partial charge in [-0.15, -0.1) is 0 Å². The molecule has 0 aliphatic rings. The summed E-state index contributed by atoms with van der Waals surface area (Å²) in [4.78, 5) is 12.4. The van der Waals surface area contributed by atoms with E-state index in [9.17, 15) is 9.18 Å². The Bertz CT molecular complexity index is 869. The summed E-state index contributed by atoms with van der Waals surface area (Å²) in [5.74, 6) is 0.470. The van der Waals surface area contributed by atoms with Gasteiger partial charge in [0.1, 0.15) is 17.3 Å². The van der Waals surface area contributed by atoms with E-state index in [-0.39, 0.29) is 11.7 Å². The first-order valence-corrected chi connectivity index (χ1v) is 7.44. The summed E-state index contributed by atoms with van der Waals surface area (Å²) >= 11 is 0. The fourth-order valence-electron chi connectivity index (χ4n) is 2.26. The number of anilines is 1. The summed E-state index contributed by atoms with van der Waals surface area (Å²) in [5, 5.41) is 6.90. The molecular formula is C18H16FN3O3. The molecule has 0 atom stereocenters. The highest BCUT2D eigenvalue weighted by Crippen LogP contribution is 2.26. The highest BCUT2D eigenvalue weighted by molar-refractivity contribution is 6.04. The molecule has 7 heteroatoms. The number of ether oxygens (including phenoxy) is 2. The molecule has 0 fully saturated rings. The van der Waals surface area contributed by atoms with Crippen LogP contribution in [0.2, 0.25) is 0 Å². The van der Waals surface area contributed by atoms with Gasteiger partial charge in [-0.1, -0.05) is 0 Å². The lowest BCUT2D eigenvalue weighted by Crippen LogP contribution is -2.11. The van der Waals surface area contributed by atoms with Crippen molar-refractivity contribution in [2.45, 2.75) is 0 Å². The SMILES string of the molecule is COc1cc(NC(=O)c2cnn(-c3ccc(F)cc3)c2)cc(OC)c1. The normalized spacial score (nSPS) is 10.4. The van der Waals surface area contributed by atoms with E-state index in [1.54, 1.807) is 36.5 Å². The number of benzene rings is 2. The largest absolute Gasteiger partial charge is 0.497 e. The topological polar surface area (TPSA) is 65.4 Å². The highest BCUT2D eigenvalue weighted by Gasteiger charge is 2.11. The van der Waals surface area contributed by atoms with Gasteiger partial charge in [-0.25, -0.2) is 9.07 Å². The van der Waals surface area contributed by atoms with Crippen LogP contribution >= 0.6 is 0 Å². The number of hydrogen-bond acceptors (Lipinski definition) is 4. The average molecular weight is 341 g/mol. The summed E-state index contributed by atoms with van der Waals surface area (Å²) < 4.78 is 24.8. The Kier molecular flexibility index (Phi) is 4.65. The van der Waals surface area contributed by atoms with Crippen LogP contribution in [-0.4, -0.2) is 29.9 Å². The van der Waals surface area contributed by atoms with Crippen molar-refractivity contribution in [2.75, 3.05) is 19.5 Å². The number of nitrogens with one attached hydrogen (secondary N) is 1. The second-order valence-electron chi connectivity index (χ2n) is 5.21. The van der Waals surface area contributed by atoms with E-state index in [0.29, 0.717) is 28.4 Å². The lowest BCUT2D eigenvalue weighted by molar-refractivity contribution is 0.102. The molecule has 0 bridgehead atoms. The minimum absolute atomic E-state index is 0.330. The van der Waals surface area contributed by atoms with Crippen LogP contribution in [0.5, 0.6) is 11.5 Å². The van der Waals surface area contributed by atoms with E-state index in [1.807, 2.05) is 0 Å². The third-order valence-electron chi connectivity index (χ3n) is 3.55. The Balaban J connectivity index is 1.79. The van der Waals surface area contributed by atoms with Crippen molar-refractivity contribution in [1.29, 1.82) is 0 Å². The van der Waals surface area contributed by atoms with Gasteiger partial charge >= 0.3 is 0 Å². The van der Waals surface area contributed by atoms with Gasteiger partial charge in [-0.3, -0.25) is 4.79 Å². The Morgan fingerprint density at radius 1 is 1.08 bits per heavy atom. The van der Waals surface area contributed by atoms with Gasteiger partial charge < -0.3 is 14.8 Å². The molecule has 6 nitrogen and oxygen atoms in total. The fourth-order valence-corrected chi connectivity index (χ4v) is 2.26. The monoisotopic (exact) mass is 341 g/mol. The number of rotatable bonds is 5. The molecule has 25 heavy (non-hydrogen) atoms. The van der Waals surface area contributed by atoms with Crippen LogP contribution in [0, 0.1) is 5.82 Å². The number of hydrogen-bond donors (Lipinski definition) is 1. The predicted molar refractivity (Wildman–Crippen MR) is 91.0 cm³/mol. The van der Waals surface area contributed by atoms with E-state index in [1.165, 1.54) is 37.2 Å². The van der Waals surface area contributed by atoms with Crippen LogP contribution in [0.1, 0.15) is 10.4 Å². The van der Waals surface area contributed by atoms with Crippen LogP contribution in [0.3, 0.4) is 0 Å². The molecule has 1 amide bonds. The zero-order chi connectivity index (χ0) is 17.8. The quantitative estimate of drug-likeness (QED) is 0.773. The van der Waals surface area contributed by atoms with Crippen molar-refractivity contribution in [3.05, 3.63) is 66.2 Å². The van der Waals surface area contributed by atoms with Gasteiger partial charge in [0.25, 0.3) is 5.91 Å². The number of amides is 1. The van der Waals surface area contributed by atoms with E-state index in [0.717, 1.165) is 0 Å². The molecule has 0 spiro atoms. The Morgan fingerprint density at radius 2 is 1.72 bits per heavy atom. The Hall–Kier alpha value is -3.35. The molecule has 128 valence electrons. The molecule has 2 aromatic carbocycles. The maximum atomic E-state index is 13.0. The highest BCUT2D eigenvalue weighted by atomic mass is 19.1. The van der Waals surface area contributed by atoms with Crippen molar-refractivity contribution in [1.82, 2.24) is 9.78 Å². The van der Waals surface area contributed by atoms with Crippen LogP contribution in [0.4, 0.5) is 10.1 Å². The lowest BCUT2D eigenvalue weighted by Gasteiger charge is -2.09. The maximum absolute atomic E-state index is 13.0. The standard InChI is InChI=1S/C18H16FN3O3/c1-24-16-7-14(8-17(9-16)25-2)21-18(23)12-10-20-22(11-12)15-5-3-13(19)4-6-15/h3-11H,1-2H3,(H,21,23). The van der Waals surface area contributed by atoms with Crippen LogP contribution in [0.25, 0.3) is 5.69 Å². The van der Waals surface area contributed by atoms with Gasteiger partial charge in [0.05, 0.1) is 31.7 Å². The molecule has 0 unspecified atom stereocenters. The summed E-state index contributed by atoms with van der Waals surface area (Å²) in [6.45, 7) is 0. The molecule has 0 saturated carbocycles. The molecule has 0 radical (unpaired) electrons. The Labute approximate surface area is 143 Å². The predicted octanol–water partition coefficient (Wildman–Crippen LogP) is 3.28. The second kappa shape index (κ2) is 7.04. The zero-order valence-corrected chi connectivity index (χ0v) is 13.7. The number of halogens is 1. The van der Waals surface area contributed by atoms with Gasteiger partial charge in [-0.05, 0) is 24.3 Å². The van der Waals surface area contributed by atoms with Crippen molar-refractivity contribution in [3.8, 4) is 17.2 Å². The lowest BCUT2D eigenvalue weighted by atomic mass is 10.2. The molecule has 0 saturated heterocycles. The summed E-state index contributed by atoms with van der Waals surface area (Å²) in [5.41, 5.74) is 1.56. The zero-order valence-electron chi connectivity index (χ0n) is 13.7. The molecule has 1 aromatic heterocycles. The van der Waals surface area contributed by atoms with Crippen molar-refractivity contribution in [2.24, 2.45) is 0 Å². The number of methoxy groups -OCH3 is 2. The first kappa shape index (κ1) is 16.5. The van der Waals surface area contributed by atoms with Gasteiger partial charge in [0.2, 0.25) is 0 Å². The van der Waals surface area contributed by atoms with Gasteiger partial charge in [0, 0.05) is 30.1 Å². The molecule has 3 rings (SSSR count). The van der Waals surface area contributed by atoms with Crippen LogP contribution < -0.4 is 14.8 Å². The Morgan fingerprint density at radius 3 is 2.32 bits per heavy atom. The van der Waals surface area contributed by atoms with E-state index >= 15 is 0 Å². The number of nitrogens with zero attached hydrogens (tertiary/aromatic N) is 2. The molecule has 0 aliphatic carbocycles. The van der Waals surface area contributed by atoms with E-state index in [2.05, 4.69) is 10.4 Å². The smallest absolute Gasteiger partial charge is 0.258 e. The molecular weight excluding hydrogens is 325 g/mol. The average Bonchev–Trinajstić information content (AvgIpc) is 3.12. The first-order valence-electron chi connectivity index (χ1n) is 7.44. The third-order valence-corrected chi connectivity index (χ3v) is 3.55. The molecule has 3 aromatic rings. The first-order chi connectivity index (χ1) is 12.1.